The van der Waals surface area contributed by atoms with Gasteiger partial charge in [0.1, 0.15) is 11.3 Å². The molecule has 0 spiro atoms. The second-order valence-electron chi connectivity index (χ2n) is 6.84. The van der Waals surface area contributed by atoms with Gasteiger partial charge in [0.25, 0.3) is 5.91 Å². The van der Waals surface area contributed by atoms with Crippen molar-refractivity contribution in [1.82, 2.24) is 5.32 Å². The average molecular weight is 410 g/mol. The fraction of sp³-hybridized carbons (Fsp3) is 0.600. The van der Waals surface area contributed by atoms with E-state index in [1.165, 1.54) is 23.5 Å². The normalized spacial score (nSPS) is 19.4. The monoisotopic (exact) mass is 409 g/mol. The predicted octanol–water partition coefficient (Wildman–Crippen LogP) is 3.93. The van der Waals surface area contributed by atoms with Gasteiger partial charge in [-0.2, -0.15) is 0 Å². The Balaban J connectivity index is 1.51. The lowest BCUT2D eigenvalue weighted by Crippen LogP contribution is -2.54. The minimum absolute atomic E-state index is 0.104. The van der Waals surface area contributed by atoms with Crippen molar-refractivity contribution >= 4 is 35.4 Å². The van der Waals surface area contributed by atoms with Gasteiger partial charge >= 0.3 is 5.97 Å². The minimum atomic E-state index is -0.879. The summed E-state index contributed by atoms with van der Waals surface area (Å²) in [4.78, 5) is 24.6. The van der Waals surface area contributed by atoms with Crippen LogP contribution < -0.4 is 10.1 Å². The average Bonchev–Trinajstić information content (AvgIpc) is 3.17. The van der Waals surface area contributed by atoms with E-state index in [1.807, 2.05) is 35.7 Å². The molecule has 1 N–H and O–H groups in total. The Bertz CT molecular complexity index is 638. The fourth-order valence-electron chi connectivity index (χ4n) is 3.48. The molecule has 1 saturated heterocycles. The quantitative estimate of drug-likeness (QED) is 0.689. The van der Waals surface area contributed by atoms with Crippen molar-refractivity contribution in [2.75, 3.05) is 24.7 Å². The highest BCUT2D eigenvalue weighted by atomic mass is 32.2. The van der Waals surface area contributed by atoms with Gasteiger partial charge < -0.3 is 14.8 Å². The number of carbonyl (C=O) groups is 2. The number of hydrogen-bond acceptors (Lipinski definition) is 6. The molecule has 0 unspecified atom stereocenters. The van der Waals surface area contributed by atoms with Crippen LogP contribution in [0.15, 0.2) is 24.3 Å². The number of hydrogen-bond donors (Lipinski definition) is 1. The second-order valence-corrected chi connectivity index (χ2v) is 9.57. The maximum Gasteiger partial charge on any atom is 0.331 e. The van der Waals surface area contributed by atoms with Gasteiger partial charge in [0.05, 0.1) is 11.2 Å². The first-order valence-corrected chi connectivity index (χ1v) is 11.7. The van der Waals surface area contributed by atoms with Crippen LogP contribution in [0.1, 0.15) is 49.2 Å². The lowest BCUT2D eigenvalue weighted by Gasteiger charge is -2.27. The van der Waals surface area contributed by atoms with Crippen LogP contribution in [0.5, 0.6) is 5.75 Å². The number of benzene rings is 1. The standard InChI is InChI=1S/C20H27NO4S2/c1-2-24-19(23)20(10-3-4-11-20)21-17(22)14-25-16-8-6-15(7-9-16)18-26-12-5-13-27-18/h6-9,18H,2-5,10-14H2,1H3,(H,21,22). The summed E-state index contributed by atoms with van der Waals surface area (Å²) in [6.45, 7) is 1.99. The first-order chi connectivity index (χ1) is 13.1. The first-order valence-electron chi connectivity index (χ1n) is 9.57. The maximum atomic E-state index is 12.3. The van der Waals surface area contributed by atoms with Crippen molar-refractivity contribution in [3.63, 3.8) is 0 Å². The topological polar surface area (TPSA) is 64.6 Å². The van der Waals surface area contributed by atoms with E-state index in [2.05, 4.69) is 17.4 Å². The van der Waals surface area contributed by atoms with Gasteiger partial charge in [0.2, 0.25) is 0 Å². The molecule has 0 radical (unpaired) electrons. The summed E-state index contributed by atoms with van der Waals surface area (Å²) in [6, 6.07) is 7.96. The van der Waals surface area contributed by atoms with Crippen molar-refractivity contribution in [2.24, 2.45) is 0 Å². The Kier molecular flexibility index (Phi) is 7.35. The maximum absolute atomic E-state index is 12.3. The van der Waals surface area contributed by atoms with Crippen LogP contribution in [-0.2, 0) is 14.3 Å². The molecule has 7 heteroatoms. The van der Waals surface area contributed by atoms with Crippen LogP contribution in [0.3, 0.4) is 0 Å². The third-order valence-corrected chi connectivity index (χ3v) is 7.87. The van der Waals surface area contributed by atoms with E-state index in [-0.39, 0.29) is 18.5 Å². The molecule has 1 heterocycles. The summed E-state index contributed by atoms with van der Waals surface area (Å²) in [6.07, 6.45) is 4.36. The molecule has 1 aromatic carbocycles. The molecule has 1 amide bonds. The SMILES string of the molecule is CCOC(=O)C1(NC(=O)COc2ccc(C3SCCCS3)cc2)CCCC1. The van der Waals surface area contributed by atoms with Crippen LogP contribution in [-0.4, -0.2) is 42.1 Å². The third-order valence-electron chi connectivity index (χ3n) is 4.85. The minimum Gasteiger partial charge on any atom is -0.484 e. The lowest BCUT2D eigenvalue weighted by molar-refractivity contribution is -0.153. The molecule has 2 fully saturated rings. The van der Waals surface area contributed by atoms with Gasteiger partial charge in [-0.1, -0.05) is 25.0 Å². The summed E-state index contributed by atoms with van der Waals surface area (Å²) in [5.41, 5.74) is 0.407. The number of nitrogens with one attached hydrogen (secondary N) is 1. The molecule has 2 aliphatic rings. The fourth-order valence-corrected chi connectivity index (χ4v) is 6.38. The molecule has 148 valence electrons. The van der Waals surface area contributed by atoms with Gasteiger partial charge in [-0.15, -0.1) is 23.5 Å². The van der Waals surface area contributed by atoms with Crippen LogP contribution >= 0.6 is 23.5 Å². The molecule has 1 aromatic rings. The van der Waals surface area contributed by atoms with Gasteiger partial charge in [-0.3, -0.25) is 4.79 Å². The molecular weight excluding hydrogens is 382 g/mol. The highest BCUT2D eigenvalue weighted by Gasteiger charge is 2.43. The summed E-state index contributed by atoms with van der Waals surface area (Å²) in [5.74, 6) is 2.46. The molecule has 0 bridgehead atoms. The zero-order valence-electron chi connectivity index (χ0n) is 15.7. The Morgan fingerprint density at radius 2 is 1.78 bits per heavy atom. The number of thioether (sulfide) groups is 2. The van der Waals surface area contributed by atoms with Crippen LogP contribution in [0.4, 0.5) is 0 Å². The van der Waals surface area contributed by atoms with E-state index in [0.29, 0.717) is 29.8 Å². The smallest absolute Gasteiger partial charge is 0.331 e. The number of carbonyl (C=O) groups excluding carboxylic acids is 2. The van der Waals surface area contributed by atoms with E-state index >= 15 is 0 Å². The Morgan fingerprint density at radius 3 is 2.41 bits per heavy atom. The van der Waals surface area contributed by atoms with Crippen molar-refractivity contribution < 1.29 is 19.1 Å². The largest absolute Gasteiger partial charge is 0.484 e. The summed E-state index contributed by atoms with van der Waals surface area (Å²) >= 11 is 3.96. The van der Waals surface area contributed by atoms with Gasteiger partial charge in [0.15, 0.2) is 6.61 Å². The predicted molar refractivity (Wildman–Crippen MR) is 110 cm³/mol. The molecule has 27 heavy (non-hydrogen) atoms. The van der Waals surface area contributed by atoms with Gasteiger partial charge in [-0.05, 0) is 55.4 Å². The van der Waals surface area contributed by atoms with E-state index in [0.717, 1.165) is 12.8 Å². The van der Waals surface area contributed by atoms with Crippen molar-refractivity contribution in [2.45, 2.75) is 49.1 Å². The Morgan fingerprint density at radius 1 is 1.11 bits per heavy atom. The summed E-state index contributed by atoms with van der Waals surface area (Å²) in [5, 5.41) is 2.87. The lowest BCUT2D eigenvalue weighted by atomic mass is 9.97. The molecule has 0 atom stereocenters. The third kappa shape index (κ3) is 5.35. The molecule has 3 rings (SSSR count). The second kappa shape index (κ2) is 9.73. The molecule has 0 aromatic heterocycles. The van der Waals surface area contributed by atoms with Crippen LogP contribution in [0, 0.1) is 0 Å². The first kappa shape index (κ1) is 20.4. The Hall–Kier alpha value is -1.34. The van der Waals surface area contributed by atoms with Gasteiger partial charge in [-0.25, -0.2) is 4.79 Å². The summed E-state index contributed by atoms with van der Waals surface area (Å²) in [7, 11) is 0. The molecule has 5 nitrogen and oxygen atoms in total. The number of esters is 1. The van der Waals surface area contributed by atoms with Gasteiger partial charge in [0, 0.05) is 0 Å². The molecule has 1 aliphatic heterocycles. The zero-order chi connectivity index (χ0) is 19.1. The highest BCUT2D eigenvalue weighted by molar-refractivity contribution is 8.16. The number of amides is 1. The van der Waals surface area contributed by atoms with E-state index in [4.69, 9.17) is 9.47 Å². The van der Waals surface area contributed by atoms with E-state index < -0.39 is 5.54 Å². The van der Waals surface area contributed by atoms with Crippen LogP contribution in [0.25, 0.3) is 0 Å². The summed E-state index contributed by atoms with van der Waals surface area (Å²) < 4.78 is 11.3. The van der Waals surface area contributed by atoms with Crippen molar-refractivity contribution in [3.05, 3.63) is 29.8 Å². The van der Waals surface area contributed by atoms with E-state index in [9.17, 15) is 9.59 Å². The van der Waals surface area contributed by atoms with E-state index in [1.54, 1.807) is 6.92 Å². The number of ether oxygens (including phenoxy) is 2. The van der Waals surface area contributed by atoms with Crippen molar-refractivity contribution in [3.8, 4) is 5.75 Å². The molecule has 1 saturated carbocycles. The highest BCUT2D eigenvalue weighted by Crippen LogP contribution is 2.43. The molecular formula is C20H27NO4S2. The van der Waals surface area contributed by atoms with Crippen molar-refractivity contribution in [1.29, 1.82) is 0 Å². The van der Waals surface area contributed by atoms with Crippen LogP contribution in [0.2, 0.25) is 0 Å². The number of rotatable bonds is 7. The Labute approximate surface area is 169 Å². The molecule has 1 aliphatic carbocycles. The zero-order valence-corrected chi connectivity index (χ0v) is 17.3.